The van der Waals surface area contributed by atoms with Crippen LogP contribution in [-0.4, -0.2) is 44.7 Å². The van der Waals surface area contributed by atoms with Crippen LogP contribution in [0.5, 0.6) is 0 Å². The van der Waals surface area contributed by atoms with E-state index in [4.69, 9.17) is 11.6 Å². The van der Waals surface area contributed by atoms with Gasteiger partial charge in [0.25, 0.3) is 0 Å². The van der Waals surface area contributed by atoms with Gasteiger partial charge in [0.15, 0.2) is 12.0 Å². The number of carbonyl (C=O) groups excluding carboxylic acids is 1. The summed E-state index contributed by atoms with van der Waals surface area (Å²) < 4.78 is 27.4. The van der Waals surface area contributed by atoms with Crippen molar-refractivity contribution in [3.05, 3.63) is 65.3 Å². The lowest BCUT2D eigenvalue weighted by Crippen LogP contribution is -2.48. The normalized spacial score (nSPS) is 15.6. The number of Topliss-reactive ketones (excluding diaryl/α,β-unsaturated/α-hetero) is 1. The molecular formula is C21H21ClN3O3S+. The van der Waals surface area contributed by atoms with E-state index in [-0.39, 0.29) is 10.7 Å². The number of hydrogen-bond donors (Lipinski definition) is 0. The number of hydrogen-bond acceptors (Lipinski definition) is 4. The Hall–Kier alpha value is -2.48. The molecule has 1 aromatic heterocycles. The summed E-state index contributed by atoms with van der Waals surface area (Å²) in [5.41, 5.74) is 2.50. The van der Waals surface area contributed by atoms with Crippen molar-refractivity contribution in [3.8, 4) is 0 Å². The number of pyridine rings is 1. The van der Waals surface area contributed by atoms with Gasteiger partial charge >= 0.3 is 0 Å². The van der Waals surface area contributed by atoms with Crippen LogP contribution in [0.3, 0.4) is 0 Å². The highest BCUT2D eigenvalue weighted by atomic mass is 35.5. The van der Waals surface area contributed by atoms with Crippen molar-refractivity contribution in [1.29, 1.82) is 0 Å². The van der Waals surface area contributed by atoms with E-state index < -0.39 is 10.0 Å². The number of nitrogens with one attached hydrogen (secondary N) is 1. The lowest BCUT2D eigenvalue weighted by atomic mass is 10.1. The van der Waals surface area contributed by atoms with Crippen molar-refractivity contribution in [3.63, 3.8) is 0 Å². The smallest absolute Gasteiger partial charge is 0.243 e. The summed E-state index contributed by atoms with van der Waals surface area (Å²) in [5.74, 6) is -0.0869. The van der Waals surface area contributed by atoms with Gasteiger partial charge in [-0.1, -0.05) is 23.7 Å². The lowest BCUT2D eigenvalue weighted by Gasteiger charge is -2.35. The maximum absolute atomic E-state index is 13.0. The molecule has 1 aliphatic rings. The Morgan fingerprint density at radius 2 is 1.69 bits per heavy atom. The van der Waals surface area contributed by atoms with Crippen LogP contribution in [0.15, 0.2) is 59.6 Å². The van der Waals surface area contributed by atoms with E-state index in [1.807, 2.05) is 30.5 Å². The Labute approximate surface area is 174 Å². The van der Waals surface area contributed by atoms with Gasteiger partial charge in [-0.3, -0.25) is 4.79 Å². The molecule has 1 aliphatic heterocycles. The van der Waals surface area contributed by atoms with Crippen LogP contribution in [0.4, 0.5) is 5.69 Å². The summed E-state index contributed by atoms with van der Waals surface area (Å²) in [4.78, 5) is 17.0. The number of H-pyrrole nitrogens is 1. The van der Waals surface area contributed by atoms with Crippen LogP contribution < -0.4 is 9.88 Å². The molecule has 1 fully saturated rings. The quantitative estimate of drug-likeness (QED) is 0.596. The minimum Gasteiger partial charge on any atom is -0.368 e. The van der Waals surface area contributed by atoms with Gasteiger partial charge in [-0.25, -0.2) is 13.4 Å². The molecule has 0 radical (unpaired) electrons. The molecule has 2 aromatic carbocycles. The molecular weight excluding hydrogens is 410 g/mol. The molecule has 150 valence electrons. The predicted molar refractivity (Wildman–Crippen MR) is 113 cm³/mol. The highest BCUT2D eigenvalue weighted by Gasteiger charge is 2.29. The fourth-order valence-electron chi connectivity index (χ4n) is 3.62. The molecule has 1 N–H and O–H groups in total. The van der Waals surface area contributed by atoms with Gasteiger partial charge in [-0.2, -0.15) is 4.31 Å². The Bertz CT molecular complexity index is 1170. The first kappa shape index (κ1) is 19.8. The van der Waals surface area contributed by atoms with Crippen LogP contribution in [-0.2, 0) is 10.0 Å². The van der Waals surface area contributed by atoms with Gasteiger partial charge in [-0.15, -0.1) is 0 Å². The van der Waals surface area contributed by atoms with Crippen LogP contribution in [0.2, 0.25) is 5.02 Å². The third-order valence-corrected chi connectivity index (χ3v) is 7.36. The van der Waals surface area contributed by atoms with Gasteiger partial charge in [-0.05, 0) is 31.2 Å². The number of sulfonamides is 1. The third kappa shape index (κ3) is 3.85. The van der Waals surface area contributed by atoms with Gasteiger partial charge in [0, 0.05) is 48.9 Å². The zero-order valence-electron chi connectivity index (χ0n) is 15.9. The largest absolute Gasteiger partial charge is 0.368 e. The van der Waals surface area contributed by atoms with Gasteiger partial charge < -0.3 is 4.90 Å². The molecule has 1 saturated heterocycles. The van der Waals surface area contributed by atoms with Crippen molar-refractivity contribution in [2.75, 3.05) is 31.1 Å². The molecule has 8 heteroatoms. The van der Waals surface area contributed by atoms with Crippen LogP contribution >= 0.6 is 11.6 Å². The number of halogens is 1. The van der Waals surface area contributed by atoms with E-state index in [1.165, 1.54) is 23.4 Å². The number of rotatable bonds is 4. The van der Waals surface area contributed by atoms with Crippen LogP contribution in [0.25, 0.3) is 10.9 Å². The van der Waals surface area contributed by atoms with Crippen molar-refractivity contribution in [1.82, 2.24) is 4.31 Å². The monoisotopic (exact) mass is 430 g/mol. The van der Waals surface area contributed by atoms with E-state index in [2.05, 4.69) is 9.88 Å². The number of fused-ring (bicyclic) bond motifs is 1. The van der Waals surface area contributed by atoms with Crippen molar-refractivity contribution >= 4 is 44.0 Å². The molecule has 6 nitrogen and oxygen atoms in total. The molecule has 0 saturated carbocycles. The number of carbonyl (C=O) groups is 1. The lowest BCUT2D eigenvalue weighted by molar-refractivity contribution is -0.344. The summed E-state index contributed by atoms with van der Waals surface area (Å²) in [5, 5.41) is 1.71. The average Bonchev–Trinajstić information content (AvgIpc) is 2.73. The highest BCUT2D eigenvalue weighted by Crippen LogP contribution is 2.28. The van der Waals surface area contributed by atoms with Crippen molar-refractivity contribution in [2.24, 2.45) is 0 Å². The summed E-state index contributed by atoms with van der Waals surface area (Å²) in [6, 6.07) is 13.8. The summed E-state index contributed by atoms with van der Waals surface area (Å²) >= 11 is 6.09. The Kier molecular flexibility index (Phi) is 5.29. The number of ketones is 1. The van der Waals surface area contributed by atoms with Gasteiger partial charge in [0.2, 0.25) is 15.5 Å². The Balaban J connectivity index is 1.53. The molecule has 0 aliphatic carbocycles. The fraction of sp³-hybridized carbons (Fsp3) is 0.238. The molecule has 4 rings (SSSR count). The second kappa shape index (κ2) is 7.74. The fourth-order valence-corrected chi connectivity index (χ4v) is 5.21. The molecule has 0 atom stereocenters. The number of nitrogens with zero attached hydrogens (tertiary/aromatic N) is 2. The van der Waals surface area contributed by atoms with Crippen LogP contribution in [0.1, 0.15) is 17.3 Å². The minimum atomic E-state index is -3.59. The number of aromatic amines is 1. The maximum atomic E-state index is 13.0. The van der Waals surface area contributed by atoms with Gasteiger partial charge in [0.05, 0.1) is 16.0 Å². The topological polar surface area (TPSA) is 71.8 Å². The standard InChI is InChI=1S/C21H20ClN3O3S/c1-15(26)16-2-5-18(6-3-16)29(27,28)25-12-10-24(11-13-25)21-8-9-23-20-14-17(22)4-7-19(20)21/h2-9,14H,10-13H2,1H3/p+1. The molecule has 29 heavy (non-hydrogen) atoms. The second-order valence-electron chi connectivity index (χ2n) is 7.02. The van der Waals surface area contributed by atoms with E-state index in [1.54, 1.807) is 12.1 Å². The van der Waals surface area contributed by atoms with Crippen molar-refractivity contribution < 1.29 is 18.2 Å². The molecule has 0 bridgehead atoms. The number of aromatic nitrogens is 1. The summed E-state index contributed by atoms with van der Waals surface area (Å²) in [7, 11) is -3.59. The average molecular weight is 431 g/mol. The number of benzene rings is 2. The summed E-state index contributed by atoms with van der Waals surface area (Å²) in [6.45, 7) is 3.43. The van der Waals surface area contributed by atoms with E-state index in [9.17, 15) is 13.2 Å². The SMILES string of the molecule is CC(=O)c1ccc(S(=O)(=O)N2CCN(c3cc[nH+]c4cc(Cl)ccc34)CC2)cc1. The predicted octanol–water partition coefficient (Wildman–Crippen LogP) is 3.02. The molecule has 0 spiro atoms. The molecule has 3 aromatic rings. The maximum Gasteiger partial charge on any atom is 0.243 e. The van der Waals surface area contributed by atoms with Crippen molar-refractivity contribution in [2.45, 2.75) is 11.8 Å². The highest BCUT2D eigenvalue weighted by molar-refractivity contribution is 7.89. The first-order valence-corrected chi connectivity index (χ1v) is 11.1. The first-order chi connectivity index (χ1) is 13.9. The van der Waals surface area contributed by atoms with E-state index >= 15 is 0 Å². The zero-order chi connectivity index (χ0) is 20.6. The minimum absolute atomic E-state index is 0.0869. The zero-order valence-corrected chi connectivity index (χ0v) is 17.5. The third-order valence-electron chi connectivity index (χ3n) is 5.22. The summed E-state index contributed by atoms with van der Waals surface area (Å²) in [6.07, 6.45) is 1.87. The molecule has 0 unspecified atom stereocenters. The first-order valence-electron chi connectivity index (χ1n) is 9.32. The van der Waals surface area contributed by atoms with Crippen LogP contribution in [0, 0.1) is 0 Å². The second-order valence-corrected chi connectivity index (χ2v) is 9.40. The number of anilines is 1. The Morgan fingerprint density at radius 1 is 1.00 bits per heavy atom. The van der Waals surface area contributed by atoms with Gasteiger partial charge in [0.1, 0.15) is 0 Å². The Morgan fingerprint density at radius 3 is 2.34 bits per heavy atom. The molecule has 0 amide bonds. The van der Waals surface area contributed by atoms with E-state index in [0.29, 0.717) is 36.8 Å². The molecule has 2 heterocycles. The number of piperazine rings is 1. The van der Waals surface area contributed by atoms with E-state index in [0.717, 1.165) is 16.6 Å².